The van der Waals surface area contributed by atoms with E-state index in [-0.39, 0.29) is 23.9 Å². The molecule has 1 heterocycles. The molecule has 1 saturated heterocycles. The summed E-state index contributed by atoms with van der Waals surface area (Å²) in [4.78, 5) is 38.7. The molecule has 1 aliphatic rings. The molecule has 32 heavy (non-hydrogen) atoms. The Hall–Kier alpha value is -3.55. The van der Waals surface area contributed by atoms with Gasteiger partial charge in [-0.25, -0.2) is 9.59 Å². The van der Waals surface area contributed by atoms with Crippen LogP contribution in [-0.2, 0) is 4.79 Å². The number of piperidine rings is 1. The SMILES string of the molecule is CCNC(=O)[C@H]1CCCN(C(=O)Nc2ccc(NC(=O)Nc3ccc(C)cc3C)cc2)C1. The lowest BCUT2D eigenvalue weighted by Crippen LogP contribution is -2.46. The van der Waals surface area contributed by atoms with E-state index in [0.29, 0.717) is 31.0 Å². The molecule has 3 rings (SSSR count). The number of hydrogen-bond donors (Lipinski definition) is 4. The van der Waals surface area contributed by atoms with Crippen LogP contribution in [0.15, 0.2) is 42.5 Å². The minimum absolute atomic E-state index is 0.000431. The van der Waals surface area contributed by atoms with Crippen LogP contribution in [0.3, 0.4) is 0 Å². The van der Waals surface area contributed by atoms with Gasteiger partial charge >= 0.3 is 12.1 Å². The zero-order chi connectivity index (χ0) is 23.1. The van der Waals surface area contributed by atoms with Crippen LogP contribution in [0.1, 0.15) is 30.9 Å². The molecule has 8 nitrogen and oxygen atoms in total. The van der Waals surface area contributed by atoms with Crippen molar-refractivity contribution in [2.75, 3.05) is 35.6 Å². The van der Waals surface area contributed by atoms with Gasteiger partial charge in [0.25, 0.3) is 0 Å². The summed E-state index contributed by atoms with van der Waals surface area (Å²) in [7, 11) is 0. The zero-order valence-electron chi connectivity index (χ0n) is 18.8. The van der Waals surface area contributed by atoms with E-state index >= 15 is 0 Å². The van der Waals surface area contributed by atoms with Crippen molar-refractivity contribution in [2.45, 2.75) is 33.6 Å². The number of amides is 5. The molecule has 0 spiro atoms. The summed E-state index contributed by atoms with van der Waals surface area (Å²) in [5, 5.41) is 11.3. The van der Waals surface area contributed by atoms with Crippen molar-refractivity contribution in [1.82, 2.24) is 10.2 Å². The average Bonchev–Trinajstić information content (AvgIpc) is 2.77. The highest BCUT2D eigenvalue weighted by Crippen LogP contribution is 2.20. The molecular formula is C24H31N5O3. The maximum atomic E-state index is 12.6. The van der Waals surface area contributed by atoms with Crippen LogP contribution in [0.5, 0.6) is 0 Å². The van der Waals surface area contributed by atoms with Gasteiger partial charge in [-0.2, -0.15) is 0 Å². The lowest BCUT2D eigenvalue weighted by atomic mass is 9.97. The number of aryl methyl sites for hydroxylation is 2. The van der Waals surface area contributed by atoms with Crippen molar-refractivity contribution in [1.29, 1.82) is 0 Å². The number of likely N-dealkylation sites (tertiary alicyclic amines) is 1. The molecule has 0 aliphatic carbocycles. The number of nitrogens with zero attached hydrogens (tertiary/aromatic N) is 1. The lowest BCUT2D eigenvalue weighted by molar-refractivity contribution is -0.126. The fraction of sp³-hybridized carbons (Fsp3) is 0.375. The Morgan fingerprint density at radius 1 is 0.969 bits per heavy atom. The van der Waals surface area contributed by atoms with Crippen LogP contribution in [0, 0.1) is 19.8 Å². The van der Waals surface area contributed by atoms with E-state index < -0.39 is 0 Å². The Bertz CT molecular complexity index is 974. The third kappa shape index (κ3) is 6.23. The van der Waals surface area contributed by atoms with Gasteiger partial charge in [0.1, 0.15) is 0 Å². The summed E-state index contributed by atoms with van der Waals surface area (Å²) >= 11 is 0. The number of urea groups is 2. The van der Waals surface area contributed by atoms with Gasteiger partial charge in [0.2, 0.25) is 5.91 Å². The van der Waals surface area contributed by atoms with Gasteiger partial charge in [-0.1, -0.05) is 17.7 Å². The highest BCUT2D eigenvalue weighted by molar-refractivity contribution is 6.00. The summed E-state index contributed by atoms with van der Waals surface area (Å²) < 4.78 is 0. The smallest absolute Gasteiger partial charge is 0.323 e. The average molecular weight is 438 g/mol. The Morgan fingerprint density at radius 3 is 2.31 bits per heavy atom. The van der Waals surface area contributed by atoms with Gasteiger partial charge in [-0.3, -0.25) is 4.79 Å². The van der Waals surface area contributed by atoms with Crippen molar-refractivity contribution in [3.8, 4) is 0 Å². The van der Waals surface area contributed by atoms with Gasteiger partial charge in [-0.15, -0.1) is 0 Å². The largest absolute Gasteiger partial charge is 0.356 e. The summed E-state index contributed by atoms with van der Waals surface area (Å²) in [5.41, 5.74) is 4.11. The molecular weight excluding hydrogens is 406 g/mol. The summed E-state index contributed by atoms with van der Waals surface area (Å²) in [6, 6.07) is 12.2. The number of hydrogen-bond acceptors (Lipinski definition) is 3. The normalized spacial score (nSPS) is 15.6. The van der Waals surface area contributed by atoms with Crippen molar-refractivity contribution < 1.29 is 14.4 Å². The summed E-state index contributed by atoms with van der Waals surface area (Å²) in [6.45, 7) is 7.46. The summed E-state index contributed by atoms with van der Waals surface area (Å²) in [6.07, 6.45) is 1.59. The van der Waals surface area contributed by atoms with Gasteiger partial charge in [0, 0.05) is 36.7 Å². The molecule has 0 aromatic heterocycles. The quantitative estimate of drug-likeness (QED) is 0.560. The Morgan fingerprint density at radius 2 is 1.66 bits per heavy atom. The molecule has 170 valence electrons. The van der Waals surface area contributed by atoms with E-state index in [0.717, 1.165) is 29.7 Å². The molecule has 1 aliphatic heterocycles. The van der Waals surface area contributed by atoms with E-state index in [4.69, 9.17) is 0 Å². The maximum Gasteiger partial charge on any atom is 0.323 e. The molecule has 0 saturated carbocycles. The standard InChI is InChI=1S/C24H31N5O3/c1-4-25-22(30)18-6-5-13-29(15-18)24(32)27-20-10-8-19(9-11-20)26-23(31)28-21-12-7-16(2)14-17(21)3/h7-12,14,18H,4-6,13,15H2,1-3H3,(H,25,30)(H,27,32)(H2,26,28,31)/t18-/m0/s1. The van der Waals surface area contributed by atoms with Crippen LogP contribution in [0.25, 0.3) is 0 Å². The topological polar surface area (TPSA) is 103 Å². The first-order valence-corrected chi connectivity index (χ1v) is 10.9. The second-order valence-corrected chi connectivity index (χ2v) is 8.08. The third-order valence-corrected chi connectivity index (χ3v) is 5.45. The first kappa shape index (κ1) is 23.1. The Labute approximate surface area is 188 Å². The predicted molar refractivity (Wildman–Crippen MR) is 127 cm³/mol. The van der Waals surface area contributed by atoms with E-state index in [1.54, 1.807) is 29.2 Å². The summed E-state index contributed by atoms with van der Waals surface area (Å²) in [5.74, 6) is -0.170. The number of nitrogens with one attached hydrogen (secondary N) is 4. The zero-order valence-corrected chi connectivity index (χ0v) is 18.8. The van der Waals surface area contributed by atoms with Crippen LogP contribution in [0.2, 0.25) is 0 Å². The highest BCUT2D eigenvalue weighted by Gasteiger charge is 2.28. The first-order chi connectivity index (χ1) is 15.4. The molecule has 2 aromatic carbocycles. The minimum Gasteiger partial charge on any atom is -0.356 e. The van der Waals surface area contributed by atoms with Crippen molar-refractivity contribution in [3.05, 3.63) is 53.6 Å². The highest BCUT2D eigenvalue weighted by atomic mass is 16.2. The molecule has 0 unspecified atom stereocenters. The Balaban J connectivity index is 1.52. The maximum absolute atomic E-state index is 12.6. The van der Waals surface area contributed by atoms with Crippen molar-refractivity contribution in [2.24, 2.45) is 5.92 Å². The predicted octanol–water partition coefficient (Wildman–Crippen LogP) is 4.33. The number of rotatable bonds is 5. The van der Waals surface area contributed by atoms with Crippen LogP contribution >= 0.6 is 0 Å². The van der Waals surface area contributed by atoms with Gasteiger partial charge in [0.15, 0.2) is 0 Å². The van der Waals surface area contributed by atoms with Crippen LogP contribution < -0.4 is 21.3 Å². The number of carbonyl (C=O) groups excluding carboxylic acids is 3. The molecule has 4 N–H and O–H groups in total. The molecule has 8 heteroatoms. The van der Waals surface area contributed by atoms with E-state index in [1.807, 2.05) is 39.0 Å². The van der Waals surface area contributed by atoms with E-state index in [2.05, 4.69) is 21.3 Å². The van der Waals surface area contributed by atoms with Crippen molar-refractivity contribution in [3.63, 3.8) is 0 Å². The van der Waals surface area contributed by atoms with Gasteiger partial charge < -0.3 is 26.2 Å². The third-order valence-electron chi connectivity index (χ3n) is 5.45. The molecule has 1 fully saturated rings. The van der Waals surface area contributed by atoms with E-state index in [1.165, 1.54) is 0 Å². The fourth-order valence-electron chi connectivity index (χ4n) is 3.77. The van der Waals surface area contributed by atoms with Gasteiger partial charge in [0.05, 0.1) is 5.92 Å². The monoisotopic (exact) mass is 437 g/mol. The fourth-order valence-corrected chi connectivity index (χ4v) is 3.77. The van der Waals surface area contributed by atoms with Crippen LogP contribution in [0.4, 0.5) is 26.7 Å². The van der Waals surface area contributed by atoms with Crippen molar-refractivity contribution >= 4 is 35.0 Å². The molecule has 1 atom stereocenters. The minimum atomic E-state index is -0.335. The number of benzene rings is 2. The second-order valence-electron chi connectivity index (χ2n) is 8.08. The second kappa shape index (κ2) is 10.7. The first-order valence-electron chi connectivity index (χ1n) is 10.9. The lowest BCUT2D eigenvalue weighted by Gasteiger charge is -2.32. The number of carbonyl (C=O) groups is 3. The molecule has 5 amide bonds. The molecule has 2 aromatic rings. The molecule has 0 radical (unpaired) electrons. The van der Waals surface area contributed by atoms with E-state index in [9.17, 15) is 14.4 Å². The van der Waals surface area contributed by atoms with Gasteiger partial charge in [-0.05, 0) is 69.5 Å². The molecule has 0 bridgehead atoms. The number of anilines is 3. The Kier molecular flexibility index (Phi) is 7.70. The van der Waals surface area contributed by atoms with Crippen LogP contribution in [-0.4, -0.2) is 42.5 Å².